The summed E-state index contributed by atoms with van der Waals surface area (Å²) in [6, 6.07) is 9.33. The lowest BCUT2D eigenvalue weighted by Gasteiger charge is -2.33. The molecule has 2 N–H and O–H groups in total. The normalized spacial score (nSPS) is 19.9. The minimum absolute atomic E-state index is 0.0707. The van der Waals surface area contributed by atoms with E-state index in [0.29, 0.717) is 5.56 Å². The van der Waals surface area contributed by atoms with Crippen LogP contribution in [0.2, 0.25) is 0 Å². The summed E-state index contributed by atoms with van der Waals surface area (Å²) in [6.07, 6.45) is 0.0707. The van der Waals surface area contributed by atoms with Crippen LogP contribution in [0.15, 0.2) is 35.3 Å². The molecule has 0 aliphatic carbocycles. The van der Waals surface area contributed by atoms with E-state index < -0.39 is 5.54 Å². The second-order valence-corrected chi connectivity index (χ2v) is 7.97. The molecule has 2 aromatic carbocycles. The highest BCUT2D eigenvalue weighted by Crippen LogP contribution is 2.41. The minimum Gasteiger partial charge on any atom is -0.369 e. The fourth-order valence-corrected chi connectivity index (χ4v) is 4.59. The molecule has 0 unspecified atom stereocenters. The number of guanidine groups is 1. The molecule has 1 aliphatic heterocycles. The van der Waals surface area contributed by atoms with Gasteiger partial charge in [0.15, 0.2) is 5.96 Å². The zero-order chi connectivity index (χ0) is 19.3. The molecule has 4 rings (SSSR count). The van der Waals surface area contributed by atoms with Crippen molar-refractivity contribution >= 4 is 43.4 Å². The van der Waals surface area contributed by atoms with E-state index in [9.17, 15) is 9.18 Å². The summed E-state index contributed by atoms with van der Waals surface area (Å²) in [6.45, 7) is 3.54. The highest BCUT2D eigenvalue weighted by atomic mass is 32.1. The fraction of sp³-hybridized carbons (Fsp3) is 0.238. The van der Waals surface area contributed by atoms with Gasteiger partial charge in [-0.1, -0.05) is 5.92 Å². The average Bonchev–Trinajstić information content (AvgIpc) is 2.96. The van der Waals surface area contributed by atoms with E-state index in [0.717, 1.165) is 25.7 Å². The predicted octanol–water partition coefficient (Wildman–Crippen LogP) is 3.96. The number of carbonyl (C=O) groups excluding carboxylic acids is 1. The lowest BCUT2D eigenvalue weighted by atomic mass is 9.86. The number of nitrogens with zero attached hydrogens (tertiary/aromatic N) is 2. The maximum Gasteiger partial charge on any atom is 0.231 e. The van der Waals surface area contributed by atoms with Gasteiger partial charge in [-0.3, -0.25) is 9.69 Å². The smallest absolute Gasteiger partial charge is 0.231 e. The van der Waals surface area contributed by atoms with Gasteiger partial charge in [0.25, 0.3) is 0 Å². The predicted molar refractivity (Wildman–Crippen MR) is 108 cm³/mol. The van der Waals surface area contributed by atoms with Crippen molar-refractivity contribution in [3.63, 3.8) is 0 Å². The topological polar surface area (TPSA) is 58.7 Å². The standard InChI is InChI=1S/C21H18FN3OS/c1-4-5-12-6-7-17-13(8-12)14-9-15(16(22)10-18(14)27-17)21(2)11-19(26)25(3)20(23)24-21/h6-10H,11H2,1-3H3,(H2,23,24)/t21-/m0/s1. The Morgan fingerprint density at radius 1 is 1.26 bits per heavy atom. The van der Waals surface area contributed by atoms with Gasteiger partial charge < -0.3 is 5.73 Å². The van der Waals surface area contributed by atoms with Gasteiger partial charge >= 0.3 is 0 Å². The molecular formula is C21H18FN3OS. The molecule has 27 heavy (non-hydrogen) atoms. The van der Waals surface area contributed by atoms with Gasteiger partial charge in [0, 0.05) is 38.3 Å². The van der Waals surface area contributed by atoms with E-state index in [1.807, 2.05) is 24.3 Å². The monoisotopic (exact) mass is 379 g/mol. The van der Waals surface area contributed by atoms with Crippen molar-refractivity contribution in [1.82, 2.24) is 4.90 Å². The Morgan fingerprint density at radius 3 is 2.70 bits per heavy atom. The number of benzene rings is 2. The Labute approximate surface area is 160 Å². The second-order valence-electron chi connectivity index (χ2n) is 6.89. The fourth-order valence-electron chi connectivity index (χ4n) is 3.50. The number of aliphatic imine (C=N–C) groups is 1. The highest BCUT2D eigenvalue weighted by Gasteiger charge is 2.38. The molecule has 3 aromatic rings. The quantitative estimate of drug-likeness (QED) is 0.651. The summed E-state index contributed by atoms with van der Waals surface area (Å²) in [4.78, 5) is 18.0. The van der Waals surface area contributed by atoms with E-state index in [-0.39, 0.29) is 24.1 Å². The van der Waals surface area contributed by atoms with Crippen LogP contribution >= 0.6 is 11.3 Å². The van der Waals surface area contributed by atoms with Crippen LogP contribution in [0.4, 0.5) is 4.39 Å². The maximum atomic E-state index is 15.0. The average molecular weight is 379 g/mol. The van der Waals surface area contributed by atoms with Crippen molar-refractivity contribution in [2.24, 2.45) is 10.7 Å². The molecule has 1 aliphatic rings. The van der Waals surface area contributed by atoms with Gasteiger partial charge in [0.2, 0.25) is 5.91 Å². The van der Waals surface area contributed by atoms with Crippen LogP contribution in [0.1, 0.15) is 31.4 Å². The molecule has 0 spiro atoms. The van der Waals surface area contributed by atoms with Crippen LogP contribution in [0, 0.1) is 17.7 Å². The number of hydrogen-bond acceptors (Lipinski definition) is 4. The summed E-state index contributed by atoms with van der Waals surface area (Å²) in [5.74, 6) is 5.50. The number of carbonyl (C=O) groups is 1. The van der Waals surface area contributed by atoms with Crippen molar-refractivity contribution in [1.29, 1.82) is 0 Å². The third-order valence-electron chi connectivity index (χ3n) is 4.98. The van der Waals surface area contributed by atoms with Crippen molar-refractivity contribution in [2.45, 2.75) is 25.8 Å². The van der Waals surface area contributed by atoms with E-state index >= 15 is 0 Å². The molecule has 1 atom stereocenters. The van der Waals surface area contributed by atoms with Gasteiger partial charge in [0.1, 0.15) is 5.82 Å². The zero-order valence-electron chi connectivity index (χ0n) is 15.3. The lowest BCUT2D eigenvalue weighted by molar-refractivity contribution is -0.128. The van der Waals surface area contributed by atoms with Crippen LogP contribution < -0.4 is 5.73 Å². The van der Waals surface area contributed by atoms with Crippen LogP contribution in [-0.2, 0) is 10.3 Å². The van der Waals surface area contributed by atoms with Gasteiger partial charge in [-0.05, 0) is 44.2 Å². The first-order valence-corrected chi connectivity index (χ1v) is 9.35. The molecule has 0 radical (unpaired) electrons. The molecule has 1 amide bonds. The highest BCUT2D eigenvalue weighted by molar-refractivity contribution is 7.25. The van der Waals surface area contributed by atoms with Gasteiger partial charge in [-0.15, -0.1) is 17.3 Å². The van der Waals surface area contributed by atoms with Crippen LogP contribution in [0.5, 0.6) is 0 Å². The first kappa shape index (κ1) is 17.5. The van der Waals surface area contributed by atoms with E-state index in [4.69, 9.17) is 5.73 Å². The van der Waals surface area contributed by atoms with Crippen LogP contribution in [0.25, 0.3) is 20.2 Å². The number of hydrogen-bond donors (Lipinski definition) is 1. The number of thiophene rings is 1. The molecule has 4 nitrogen and oxygen atoms in total. The first-order valence-electron chi connectivity index (χ1n) is 8.53. The second kappa shape index (κ2) is 6.07. The molecular weight excluding hydrogens is 361 g/mol. The van der Waals surface area contributed by atoms with Gasteiger partial charge in [0.05, 0.1) is 12.0 Å². The van der Waals surface area contributed by atoms with Crippen molar-refractivity contribution < 1.29 is 9.18 Å². The van der Waals surface area contributed by atoms with E-state index in [1.54, 1.807) is 20.9 Å². The maximum absolute atomic E-state index is 15.0. The van der Waals surface area contributed by atoms with Crippen molar-refractivity contribution in [3.05, 3.63) is 47.3 Å². The third-order valence-corrected chi connectivity index (χ3v) is 6.12. The Bertz CT molecular complexity index is 1200. The molecule has 2 heterocycles. The van der Waals surface area contributed by atoms with Crippen molar-refractivity contribution in [3.8, 4) is 11.8 Å². The summed E-state index contributed by atoms with van der Waals surface area (Å²) in [5, 5.41) is 1.96. The Balaban J connectivity index is 1.97. The minimum atomic E-state index is -1.03. The number of fused-ring (bicyclic) bond motifs is 3. The SMILES string of the molecule is CC#Cc1ccc2sc3cc(F)c([C@]4(C)CC(=O)N(C)C(N)=N4)cc3c2c1. The largest absolute Gasteiger partial charge is 0.369 e. The number of amides is 1. The summed E-state index contributed by atoms with van der Waals surface area (Å²) >= 11 is 1.53. The van der Waals surface area contributed by atoms with Gasteiger partial charge in [-0.25, -0.2) is 9.38 Å². The summed E-state index contributed by atoms with van der Waals surface area (Å²) in [7, 11) is 1.57. The lowest BCUT2D eigenvalue weighted by Crippen LogP contribution is -2.47. The molecule has 0 saturated carbocycles. The molecule has 6 heteroatoms. The zero-order valence-corrected chi connectivity index (χ0v) is 16.1. The molecule has 0 fully saturated rings. The summed E-state index contributed by atoms with van der Waals surface area (Å²) < 4.78 is 16.9. The molecule has 0 bridgehead atoms. The molecule has 1 aromatic heterocycles. The van der Waals surface area contributed by atoms with Crippen LogP contribution in [-0.4, -0.2) is 23.8 Å². The number of rotatable bonds is 1. The van der Waals surface area contributed by atoms with E-state index in [1.165, 1.54) is 22.3 Å². The number of halogens is 1. The van der Waals surface area contributed by atoms with Crippen molar-refractivity contribution in [2.75, 3.05) is 7.05 Å². The van der Waals surface area contributed by atoms with Gasteiger partial charge in [-0.2, -0.15) is 0 Å². The summed E-state index contributed by atoms with van der Waals surface area (Å²) in [5.41, 5.74) is 6.16. The Hall–Kier alpha value is -2.91. The third kappa shape index (κ3) is 2.75. The van der Waals surface area contributed by atoms with E-state index in [2.05, 4.69) is 16.8 Å². The number of nitrogens with two attached hydrogens (primary N) is 1. The molecule has 136 valence electrons. The Morgan fingerprint density at radius 2 is 2.00 bits per heavy atom. The first-order chi connectivity index (χ1) is 12.8. The Kier molecular flexibility index (Phi) is 3.93. The van der Waals surface area contributed by atoms with Crippen LogP contribution in [0.3, 0.4) is 0 Å². The molecule has 0 saturated heterocycles.